The first-order chi connectivity index (χ1) is 9.84. The molecular weight excluding hydrogens is 242 g/mol. The second kappa shape index (κ2) is 6.76. The van der Waals surface area contributed by atoms with Gasteiger partial charge in [0.25, 0.3) is 0 Å². The number of hydrogen-bond donors (Lipinski definition) is 1. The number of rotatable bonds is 3. The molecule has 110 valence electrons. The van der Waals surface area contributed by atoms with Gasteiger partial charge in [0.05, 0.1) is 0 Å². The molecule has 0 aliphatic heterocycles. The molecule has 1 unspecified atom stereocenters. The number of hydrogen-bond acceptors (Lipinski definition) is 1. The summed E-state index contributed by atoms with van der Waals surface area (Å²) < 4.78 is 0. The number of aryl methyl sites for hydroxylation is 1. The summed E-state index contributed by atoms with van der Waals surface area (Å²) in [4.78, 5) is 0. The van der Waals surface area contributed by atoms with Gasteiger partial charge in [-0.1, -0.05) is 49.9 Å². The zero-order valence-electron chi connectivity index (χ0n) is 12.9. The highest BCUT2D eigenvalue weighted by Crippen LogP contribution is 2.32. The highest BCUT2D eigenvalue weighted by atomic mass is 15.0. The minimum atomic E-state index is 0.596. The summed E-state index contributed by atoms with van der Waals surface area (Å²) in [7, 11) is 0. The van der Waals surface area contributed by atoms with Crippen LogP contribution in [-0.2, 0) is 6.42 Å². The summed E-state index contributed by atoms with van der Waals surface area (Å²) in [5.41, 5.74) is 3.14. The molecule has 0 heterocycles. The number of nitrogens with one attached hydrogen (secondary N) is 1. The first-order valence-corrected chi connectivity index (χ1v) is 8.68. The molecule has 1 fully saturated rings. The van der Waals surface area contributed by atoms with E-state index in [4.69, 9.17) is 0 Å². The summed E-state index contributed by atoms with van der Waals surface area (Å²) in [5, 5.41) is 3.97. The normalized spacial score (nSPS) is 25.8. The fourth-order valence-electron chi connectivity index (χ4n) is 4.19. The van der Waals surface area contributed by atoms with Gasteiger partial charge in [-0.15, -0.1) is 0 Å². The van der Waals surface area contributed by atoms with Gasteiger partial charge in [0, 0.05) is 12.1 Å². The fourth-order valence-corrected chi connectivity index (χ4v) is 4.19. The summed E-state index contributed by atoms with van der Waals surface area (Å²) in [6.07, 6.45) is 12.6. The van der Waals surface area contributed by atoms with E-state index in [0.29, 0.717) is 12.1 Å². The van der Waals surface area contributed by atoms with Crippen LogP contribution in [0.3, 0.4) is 0 Å². The molecule has 0 radical (unpaired) electrons. The Morgan fingerprint density at radius 1 is 0.950 bits per heavy atom. The van der Waals surface area contributed by atoms with E-state index in [1.165, 1.54) is 57.8 Å². The van der Waals surface area contributed by atoms with Crippen LogP contribution in [0.1, 0.15) is 75.5 Å². The molecule has 2 aliphatic carbocycles. The largest absolute Gasteiger partial charge is 0.307 e. The zero-order chi connectivity index (χ0) is 13.8. The fraction of sp³-hybridized carbons (Fsp3) is 0.684. The molecule has 20 heavy (non-hydrogen) atoms. The van der Waals surface area contributed by atoms with Gasteiger partial charge in [0.1, 0.15) is 0 Å². The summed E-state index contributed by atoms with van der Waals surface area (Å²) >= 11 is 0. The van der Waals surface area contributed by atoms with Crippen LogP contribution in [0.5, 0.6) is 0 Å². The van der Waals surface area contributed by atoms with Gasteiger partial charge in [0.2, 0.25) is 0 Å². The highest BCUT2D eigenvalue weighted by Gasteiger charge is 2.25. The summed E-state index contributed by atoms with van der Waals surface area (Å²) in [6.45, 7) is 2.42. The van der Waals surface area contributed by atoms with E-state index < -0.39 is 0 Å². The lowest BCUT2D eigenvalue weighted by Gasteiger charge is -2.32. The summed E-state index contributed by atoms with van der Waals surface area (Å²) in [5.74, 6) is 0.895. The van der Waals surface area contributed by atoms with Gasteiger partial charge in [-0.3, -0.25) is 0 Å². The maximum atomic E-state index is 3.97. The van der Waals surface area contributed by atoms with Crippen molar-refractivity contribution in [2.24, 2.45) is 5.92 Å². The average molecular weight is 271 g/mol. The third-order valence-electron chi connectivity index (χ3n) is 5.44. The predicted octanol–water partition coefficient (Wildman–Crippen LogP) is 5.01. The van der Waals surface area contributed by atoms with E-state index in [2.05, 4.69) is 36.5 Å². The lowest BCUT2D eigenvalue weighted by atomic mass is 9.85. The second-order valence-electron chi connectivity index (χ2n) is 6.85. The highest BCUT2D eigenvalue weighted by molar-refractivity contribution is 5.32. The first-order valence-electron chi connectivity index (χ1n) is 8.68. The molecule has 0 bridgehead atoms. The molecule has 1 aromatic carbocycles. The Morgan fingerprint density at radius 2 is 1.70 bits per heavy atom. The third kappa shape index (κ3) is 3.25. The lowest BCUT2D eigenvalue weighted by Crippen LogP contribution is -2.37. The molecule has 1 heteroatoms. The Morgan fingerprint density at radius 3 is 2.50 bits per heavy atom. The van der Waals surface area contributed by atoms with Crippen molar-refractivity contribution in [2.45, 2.75) is 76.8 Å². The predicted molar refractivity (Wildman–Crippen MR) is 85.9 cm³/mol. The van der Waals surface area contributed by atoms with Gasteiger partial charge < -0.3 is 5.32 Å². The Labute approximate surface area is 124 Å². The first kappa shape index (κ1) is 14.1. The molecule has 1 nitrogen and oxygen atoms in total. The lowest BCUT2D eigenvalue weighted by molar-refractivity contribution is 0.297. The minimum absolute atomic E-state index is 0.596. The molecule has 0 spiro atoms. The van der Waals surface area contributed by atoms with Crippen LogP contribution in [0, 0.1) is 5.92 Å². The third-order valence-corrected chi connectivity index (χ3v) is 5.44. The van der Waals surface area contributed by atoms with Crippen LogP contribution < -0.4 is 5.32 Å². The standard InChI is InChI=1S/C19H29N/c1-15(16-9-4-2-3-5-10-16)20-19-14-8-12-17-11-6-7-13-18(17)19/h6-7,11,13,15-16,19-20H,2-5,8-10,12,14H2,1H3/t15-,19?/m0/s1. The Hall–Kier alpha value is -0.820. The second-order valence-corrected chi connectivity index (χ2v) is 6.85. The van der Waals surface area contributed by atoms with Crippen LogP contribution in [0.15, 0.2) is 24.3 Å². The topological polar surface area (TPSA) is 12.0 Å². The van der Waals surface area contributed by atoms with Crippen molar-refractivity contribution in [1.29, 1.82) is 0 Å². The van der Waals surface area contributed by atoms with E-state index >= 15 is 0 Å². The van der Waals surface area contributed by atoms with Gasteiger partial charge in [-0.2, -0.15) is 0 Å². The molecular formula is C19H29N. The van der Waals surface area contributed by atoms with Crippen LogP contribution in [0.2, 0.25) is 0 Å². The van der Waals surface area contributed by atoms with Crippen molar-refractivity contribution in [2.75, 3.05) is 0 Å². The SMILES string of the molecule is C[C@H](NC1CCCc2ccccc21)C1CCCCCC1. The quantitative estimate of drug-likeness (QED) is 0.762. The van der Waals surface area contributed by atoms with Gasteiger partial charge in [-0.25, -0.2) is 0 Å². The molecule has 2 aliphatic rings. The number of benzene rings is 1. The monoisotopic (exact) mass is 271 g/mol. The maximum absolute atomic E-state index is 3.97. The van der Waals surface area contributed by atoms with Crippen molar-refractivity contribution in [3.05, 3.63) is 35.4 Å². The molecule has 1 saturated carbocycles. The molecule has 1 aromatic rings. The van der Waals surface area contributed by atoms with Crippen LogP contribution >= 0.6 is 0 Å². The number of fused-ring (bicyclic) bond motifs is 1. The van der Waals surface area contributed by atoms with Crippen molar-refractivity contribution in [3.63, 3.8) is 0 Å². The van der Waals surface area contributed by atoms with Gasteiger partial charge in [-0.05, 0) is 56.1 Å². The Bertz CT molecular complexity index is 418. The van der Waals surface area contributed by atoms with E-state index in [1.807, 2.05) is 0 Å². The minimum Gasteiger partial charge on any atom is -0.307 e. The molecule has 2 atom stereocenters. The van der Waals surface area contributed by atoms with Crippen LogP contribution in [-0.4, -0.2) is 6.04 Å². The molecule has 1 N–H and O–H groups in total. The molecule has 0 amide bonds. The molecule has 0 aromatic heterocycles. The van der Waals surface area contributed by atoms with Crippen molar-refractivity contribution in [1.82, 2.24) is 5.32 Å². The van der Waals surface area contributed by atoms with E-state index in [0.717, 1.165) is 5.92 Å². The Kier molecular flexibility index (Phi) is 4.77. The Balaban J connectivity index is 1.65. The zero-order valence-corrected chi connectivity index (χ0v) is 12.9. The smallest absolute Gasteiger partial charge is 0.0325 e. The van der Waals surface area contributed by atoms with Crippen LogP contribution in [0.25, 0.3) is 0 Å². The summed E-state index contributed by atoms with van der Waals surface area (Å²) in [6, 6.07) is 10.3. The molecule has 0 saturated heterocycles. The average Bonchev–Trinajstić information content (AvgIpc) is 2.77. The van der Waals surface area contributed by atoms with Gasteiger partial charge >= 0.3 is 0 Å². The van der Waals surface area contributed by atoms with Crippen molar-refractivity contribution in [3.8, 4) is 0 Å². The maximum Gasteiger partial charge on any atom is 0.0325 e. The van der Waals surface area contributed by atoms with E-state index in [-0.39, 0.29) is 0 Å². The van der Waals surface area contributed by atoms with Crippen molar-refractivity contribution < 1.29 is 0 Å². The van der Waals surface area contributed by atoms with E-state index in [1.54, 1.807) is 11.1 Å². The van der Waals surface area contributed by atoms with Crippen LogP contribution in [0.4, 0.5) is 0 Å². The van der Waals surface area contributed by atoms with Crippen molar-refractivity contribution >= 4 is 0 Å². The van der Waals surface area contributed by atoms with Gasteiger partial charge in [0.15, 0.2) is 0 Å². The van der Waals surface area contributed by atoms with E-state index in [9.17, 15) is 0 Å². The molecule has 3 rings (SSSR count).